The summed E-state index contributed by atoms with van der Waals surface area (Å²) in [5, 5.41) is 15.1. The molecule has 0 fully saturated rings. The van der Waals surface area contributed by atoms with Gasteiger partial charge in [0.05, 0.1) is 12.0 Å². The third-order valence-corrected chi connectivity index (χ3v) is 5.42. The number of nitrogens with zero attached hydrogens (tertiary/aromatic N) is 4. The summed E-state index contributed by atoms with van der Waals surface area (Å²) in [5.41, 5.74) is 10.4. The lowest BCUT2D eigenvalue weighted by atomic mass is 10.2. The summed E-state index contributed by atoms with van der Waals surface area (Å²) >= 11 is 0. The van der Waals surface area contributed by atoms with Crippen molar-refractivity contribution in [2.75, 3.05) is 13.2 Å². The predicted octanol–water partition coefficient (Wildman–Crippen LogP) is 5.15. The molecule has 0 bridgehead atoms. The van der Waals surface area contributed by atoms with E-state index in [9.17, 15) is 19.5 Å². The van der Waals surface area contributed by atoms with Crippen LogP contribution in [0.3, 0.4) is 0 Å². The first-order valence-electron chi connectivity index (χ1n) is 10.7. The Morgan fingerprint density at radius 2 is 1.46 bits per heavy atom. The molecule has 0 spiro atoms. The van der Waals surface area contributed by atoms with E-state index in [-0.39, 0.29) is 18.8 Å². The normalized spacial score (nSPS) is 11.5. The van der Waals surface area contributed by atoms with Crippen molar-refractivity contribution in [2.24, 2.45) is 5.11 Å². The number of hydrogen-bond acceptors (Lipinski definition) is 6. The van der Waals surface area contributed by atoms with Crippen LogP contribution in [-0.2, 0) is 19.1 Å². The first kappa shape index (κ1) is 23.3. The number of benzene rings is 3. The molecule has 176 valence electrons. The number of rotatable bonds is 9. The molecule has 3 aromatic carbocycles. The summed E-state index contributed by atoms with van der Waals surface area (Å²) < 4.78 is 11.8. The number of para-hydroxylation sites is 2. The molecule has 1 heterocycles. The van der Waals surface area contributed by atoms with Crippen LogP contribution in [0.2, 0.25) is 0 Å². The molecule has 0 aliphatic heterocycles. The second kappa shape index (κ2) is 10.4. The van der Waals surface area contributed by atoms with Crippen molar-refractivity contribution in [3.8, 4) is 0 Å². The Hall–Kier alpha value is -4.82. The first-order valence-corrected chi connectivity index (χ1v) is 10.7. The molecule has 0 amide bonds. The van der Waals surface area contributed by atoms with E-state index in [1.54, 1.807) is 4.57 Å². The number of carbonyl (C=O) groups excluding carboxylic acids is 2. The van der Waals surface area contributed by atoms with E-state index in [0.29, 0.717) is 16.7 Å². The molecule has 0 radical (unpaired) electrons. The summed E-state index contributed by atoms with van der Waals surface area (Å²) in [7, 11) is 0. The van der Waals surface area contributed by atoms with Gasteiger partial charge in [0.15, 0.2) is 0 Å². The van der Waals surface area contributed by atoms with Gasteiger partial charge in [-0.15, -0.1) is 0 Å². The molecule has 0 saturated heterocycles. The molecule has 1 aromatic heterocycles. The van der Waals surface area contributed by atoms with E-state index in [1.807, 2.05) is 48.5 Å². The molecule has 0 saturated carbocycles. The SMILES string of the molecule is [N-]=[N+]=Nc1ccc(C(=O)OCCOC(=O)C[C@@H](C(=O)O)n2c3ccccc3c3ccccc32)cc1. The van der Waals surface area contributed by atoms with Crippen molar-refractivity contribution in [1.82, 2.24) is 4.57 Å². The number of carbonyl (C=O) groups is 3. The third kappa shape index (κ3) is 5.07. The van der Waals surface area contributed by atoms with Gasteiger partial charge in [-0.2, -0.15) is 0 Å². The predicted molar refractivity (Wildman–Crippen MR) is 127 cm³/mol. The Bertz CT molecular complexity index is 1400. The fourth-order valence-electron chi connectivity index (χ4n) is 3.88. The van der Waals surface area contributed by atoms with Gasteiger partial charge in [0, 0.05) is 32.4 Å². The van der Waals surface area contributed by atoms with Crippen molar-refractivity contribution >= 4 is 45.4 Å². The van der Waals surface area contributed by atoms with Gasteiger partial charge in [0.2, 0.25) is 0 Å². The van der Waals surface area contributed by atoms with E-state index in [0.717, 1.165) is 10.8 Å². The third-order valence-electron chi connectivity index (χ3n) is 5.42. The van der Waals surface area contributed by atoms with Crippen molar-refractivity contribution in [2.45, 2.75) is 12.5 Å². The average molecular weight is 472 g/mol. The first-order chi connectivity index (χ1) is 17.0. The smallest absolute Gasteiger partial charge is 0.338 e. The van der Waals surface area contributed by atoms with Gasteiger partial charge < -0.3 is 19.1 Å². The number of azide groups is 1. The standard InChI is InChI=1S/C25H20N4O6/c26-28-27-17-11-9-16(10-12-17)25(33)35-14-13-34-23(30)15-22(24(31)32)29-20-7-3-1-5-18(20)19-6-2-4-8-21(19)29/h1-12,22H,13-15H2,(H,31,32)/t22-/m0/s1. The van der Waals surface area contributed by atoms with Crippen LogP contribution in [0.4, 0.5) is 5.69 Å². The monoisotopic (exact) mass is 472 g/mol. The number of aromatic nitrogens is 1. The van der Waals surface area contributed by atoms with Crippen LogP contribution >= 0.6 is 0 Å². The fraction of sp³-hybridized carbons (Fsp3) is 0.160. The molecule has 0 aliphatic rings. The fourth-order valence-corrected chi connectivity index (χ4v) is 3.88. The van der Waals surface area contributed by atoms with Gasteiger partial charge in [-0.1, -0.05) is 53.6 Å². The van der Waals surface area contributed by atoms with Crippen molar-refractivity contribution < 1.29 is 29.0 Å². The van der Waals surface area contributed by atoms with Gasteiger partial charge >= 0.3 is 17.9 Å². The van der Waals surface area contributed by atoms with E-state index in [4.69, 9.17) is 15.0 Å². The number of hydrogen-bond donors (Lipinski definition) is 1. The number of carboxylic acid groups (broad SMARTS) is 1. The molecule has 10 heteroatoms. The second-order valence-electron chi connectivity index (χ2n) is 7.56. The van der Waals surface area contributed by atoms with Gasteiger partial charge in [-0.3, -0.25) is 4.79 Å². The van der Waals surface area contributed by atoms with Crippen LogP contribution < -0.4 is 0 Å². The maximum absolute atomic E-state index is 12.5. The minimum Gasteiger partial charge on any atom is -0.480 e. The van der Waals surface area contributed by atoms with Crippen LogP contribution in [0, 0.1) is 0 Å². The molecule has 1 atom stereocenters. The number of ether oxygens (including phenoxy) is 2. The lowest BCUT2D eigenvalue weighted by Crippen LogP contribution is -2.24. The molecule has 10 nitrogen and oxygen atoms in total. The summed E-state index contributed by atoms with van der Waals surface area (Å²) in [6.45, 7) is -0.420. The number of carboxylic acids is 1. The zero-order chi connectivity index (χ0) is 24.8. The van der Waals surface area contributed by atoms with Crippen LogP contribution in [0.1, 0.15) is 22.8 Å². The van der Waals surface area contributed by atoms with Gasteiger partial charge in [0.25, 0.3) is 0 Å². The van der Waals surface area contributed by atoms with E-state index < -0.39 is 30.4 Å². The summed E-state index contributed by atoms with van der Waals surface area (Å²) in [6.07, 6.45) is -0.396. The van der Waals surface area contributed by atoms with E-state index in [2.05, 4.69) is 10.0 Å². The number of esters is 2. The summed E-state index contributed by atoms with van der Waals surface area (Å²) in [4.78, 5) is 39.3. The molecule has 4 rings (SSSR count). The Labute approximate surface area is 198 Å². The maximum atomic E-state index is 12.5. The van der Waals surface area contributed by atoms with Gasteiger partial charge in [-0.25, -0.2) is 9.59 Å². The lowest BCUT2D eigenvalue weighted by molar-refractivity contribution is -0.151. The topological polar surface area (TPSA) is 144 Å². The Morgan fingerprint density at radius 1 is 0.886 bits per heavy atom. The molecule has 1 N–H and O–H groups in total. The molecule has 0 unspecified atom stereocenters. The Kier molecular flexibility index (Phi) is 6.94. The lowest BCUT2D eigenvalue weighted by Gasteiger charge is -2.17. The minimum atomic E-state index is -1.18. The summed E-state index contributed by atoms with van der Waals surface area (Å²) in [5.74, 6) is -2.53. The van der Waals surface area contributed by atoms with E-state index in [1.165, 1.54) is 24.3 Å². The van der Waals surface area contributed by atoms with Crippen molar-refractivity contribution in [3.05, 3.63) is 88.8 Å². The highest BCUT2D eigenvalue weighted by atomic mass is 16.6. The van der Waals surface area contributed by atoms with Crippen LogP contribution in [-0.4, -0.2) is 40.8 Å². The Morgan fingerprint density at radius 3 is 2.03 bits per heavy atom. The largest absolute Gasteiger partial charge is 0.480 e. The zero-order valence-electron chi connectivity index (χ0n) is 18.4. The average Bonchev–Trinajstić information content (AvgIpc) is 3.20. The minimum absolute atomic E-state index is 0.199. The van der Waals surface area contributed by atoms with Crippen LogP contribution in [0.25, 0.3) is 32.2 Å². The molecule has 0 aliphatic carbocycles. The quantitative estimate of drug-likeness (QED) is 0.117. The Balaban J connectivity index is 1.39. The van der Waals surface area contributed by atoms with Crippen LogP contribution in [0.15, 0.2) is 77.9 Å². The van der Waals surface area contributed by atoms with Gasteiger partial charge in [-0.05, 0) is 29.8 Å². The van der Waals surface area contributed by atoms with Crippen molar-refractivity contribution in [3.63, 3.8) is 0 Å². The number of fused-ring (bicyclic) bond motifs is 3. The van der Waals surface area contributed by atoms with Crippen LogP contribution in [0.5, 0.6) is 0 Å². The van der Waals surface area contributed by atoms with Crippen molar-refractivity contribution in [1.29, 1.82) is 0 Å². The molecule has 35 heavy (non-hydrogen) atoms. The molecule has 4 aromatic rings. The number of aliphatic carboxylic acids is 1. The molecular weight excluding hydrogens is 452 g/mol. The van der Waals surface area contributed by atoms with E-state index >= 15 is 0 Å². The second-order valence-corrected chi connectivity index (χ2v) is 7.56. The van der Waals surface area contributed by atoms with Gasteiger partial charge in [0.1, 0.15) is 19.3 Å². The maximum Gasteiger partial charge on any atom is 0.338 e. The highest BCUT2D eigenvalue weighted by molar-refractivity contribution is 6.09. The highest BCUT2D eigenvalue weighted by Gasteiger charge is 2.27. The summed E-state index contributed by atoms with van der Waals surface area (Å²) in [6, 6.07) is 19.5. The zero-order valence-corrected chi connectivity index (χ0v) is 18.4. The molecular formula is C25H20N4O6. The highest BCUT2D eigenvalue weighted by Crippen LogP contribution is 2.33.